The zero-order valence-corrected chi connectivity index (χ0v) is 11.7. The Morgan fingerprint density at radius 1 is 1.29 bits per heavy atom. The normalized spacial score (nSPS) is 11.0. The number of thiazole rings is 1. The first-order chi connectivity index (χ1) is 10.1. The quantitative estimate of drug-likeness (QED) is 0.807. The number of aliphatic hydroxyl groups excluding tert-OH is 1. The van der Waals surface area contributed by atoms with E-state index in [-0.39, 0.29) is 12.3 Å². The molecule has 0 saturated heterocycles. The van der Waals surface area contributed by atoms with Crippen molar-refractivity contribution in [1.82, 2.24) is 20.0 Å². The molecule has 0 atom stereocenters. The molecule has 1 N–H and O–H groups in total. The molecule has 2 heterocycles. The molecule has 2 aromatic heterocycles. The van der Waals surface area contributed by atoms with E-state index >= 15 is 0 Å². The third kappa shape index (κ3) is 2.43. The van der Waals surface area contributed by atoms with Crippen molar-refractivity contribution in [2.24, 2.45) is 0 Å². The van der Waals surface area contributed by atoms with Crippen LogP contribution in [0.2, 0.25) is 0 Å². The van der Waals surface area contributed by atoms with Crippen LogP contribution in [-0.2, 0) is 6.61 Å². The van der Waals surface area contributed by atoms with Gasteiger partial charge in [0.15, 0.2) is 11.6 Å². The van der Waals surface area contributed by atoms with Gasteiger partial charge in [-0.1, -0.05) is 5.21 Å². The Bertz CT molecular complexity index is 799. The summed E-state index contributed by atoms with van der Waals surface area (Å²) in [7, 11) is 0. The van der Waals surface area contributed by atoms with Crippen LogP contribution in [0, 0.1) is 18.6 Å². The van der Waals surface area contributed by atoms with E-state index in [9.17, 15) is 13.9 Å². The van der Waals surface area contributed by atoms with Crippen LogP contribution in [0.5, 0.6) is 0 Å². The van der Waals surface area contributed by atoms with Crippen LogP contribution < -0.4 is 0 Å². The lowest BCUT2D eigenvalue weighted by molar-refractivity contribution is 0.277. The third-order valence-corrected chi connectivity index (χ3v) is 3.80. The number of hydrogen-bond acceptors (Lipinski definition) is 5. The zero-order valence-electron chi connectivity index (χ0n) is 10.9. The summed E-state index contributed by atoms with van der Waals surface area (Å²) in [6.45, 7) is 1.47. The number of halogens is 2. The summed E-state index contributed by atoms with van der Waals surface area (Å²) in [6.07, 6.45) is 0. The molecule has 21 heavy (non-hydrogen) atoms. The lowest BCUT2D eigenvalue weighted by Gasteiger charge is -2.05. The highest BCUT2D eigenvalue weighted by molar-refractivity contribution is 7.12. The molecule has 0 saturated carbocycles. The van der Waals surface area contributed by atoms with E-state index in [0.29, 0.717) is 16.4 Å². The highest BCUT2D eigenvalue weighted by atomic mass is 32.1. The van der Waals surface area contributed by atoms with Gasteiger partial charge in [-0.2, -0.15) is 4.68 Å². The maximum absolute atomic E-state index is 13.4. The van der Waals surface area contributed by atoms with Crippen molar-refractivity contribution in [2.75, 3.05) is 0 Å². The van der Waals surface area contributed by atoms with Gasteiger partial charge in [0, 0.05) is 10.9 Å². The summed E-state index contributed by atoms with van der Waals surface area (Å²) >= 11 is 1.34. The van der Waals surface area contributed by atoms with Crippen molar-refractivity contribution in [2.45, 2.75) is 13.5 Å². The number of nitrogens with zero attached hydrogens (tertiary/aromatic N) is 4. The zero-order chi connectivity index (χ0) is 15.0. The highest BCUT2D eigenvalue weighted by Crippen LogP contribution is 2.27. The van der Waals surface area contributed by atoms with E-state index < -0.39 is 11.6 Å². The average molecular weight is 308 g/mol. The van der Waals surface area contributed by atoms with E-state index in [4.69, 9.17) is 0 Å². The second kappa shape index (κ2) is 5.30. The van der Waals surface area contributed by atoms with Crippen LogP contribution in [0.4, 0.5) is 8.78 Å². The summed E-state index contributed by atoms with van der Waals surface area (Å²) in [4.78, 5) is 4.28. The smallest absolute Gasteiger partial charge is 0.212 e. The predicted molar refractivity (Wildman–Crippen MR) is 73.0 cm³/mol. The Labute approximate surface area is 122 Å². The fourth-order valence-corrected chi connectivity index (χ4v) is 2.68. The first-order valence-corrected chi connectivity index (χ1v) is 6.91. The maximum atomic E-state index is 13.4. The minimum Gasteiger partial charge on any atom is -0.390 e. The molecule has 3 rings (SSSR count). The van der Waals surface area contributed by atoms with Crippen LogP contribution in [0.3, 0.4) is 0 Å². The summed E-state index contributed by atoms with van der Waals surface area (Å²) in [5.41, 5.74) is 1.85. The van der Waals surface area contributed by atoms with Crippen LogP contribution in [-0.4, -0.2) is 25.1 Å². The summed E-state index contributed by atoms with van der Waals surface area (Å²) < 4.78 is 27.9. The Morgan fingerprint density at radius 3 is 2.71 bits per heavy atom. The Morgan fingerprint density at radius 2 is 2.10 bits per heavy atom. The lowest BCUT2D eigenvalue weighted by atomic mass is 10.1. The summed E-state index contributed by atoms with van der Waals surface area (Å²) in [5.74, 6) is -1.91. The maximum Gasteiger partial charge on any atom is 0.212 e. The van der Waals surface area contributed by atoms with Crippen molar-refractivity contribution in [3.8, 4) is 16.4 Å². The minimum absolute atomic E-state index is 0.272. The number of rotatable bonds is 3. The fourth-order valence-electron chi connectivity index (χ4n) is 1.92. The third-order valence-electron chi connectivity index (χ3n) is 2.87. The molecule has 0 radical (unpaired) electrons. The summed E-state index contributed by atoms with van der Waals surface area (Å²) in [6, 6.07) is 3.48. The molecule has 0 aliphatic heterocycles. The first kappa shape index (κ1) is 13.8. The van der Waals surface area contributed by atoms with Crippen LogP contribution in [0.1, 0.15) is 11.4 Å². The number of aromatic nitrogens is 4. The van der Waals surface area contributed by atoms with Gasteiger partial charge in [-0.3, -0.25) is 0 Å². The Hall–Kier alpha value is -2.19. The van der Waals surface area contributed by atoms with Crippen LogP contribution >= 0.6 is 11.3 Å². The largest absolute Gasteiger partial charge is 0.390 e. The molecule has 0 aliphatic carbocycles. The van der Waals surface area contributed by atoms with Gasteiger partial charge in [-0.25, -0.2) is 13.8 Å². The monoisotopic (exact) mass is 308 g/mol. The predicted octanol–water partition coefficient (Wildman–Crippen LogP) is 2.47. The molecular weight excluding hydrogens is 298 g/mol. The minimum atomic E-state index is -0.973. The van der Waals surface area contributed by atoms with Gasteiger partial charge in [-0.05, 0) is 25.1 Å². The number of aliphatic hydroxyl groups is 1. The molecule has 0 unspecified atom stereocenters. The molecule has 0 bridgehead atoms. The molecule has 3 aromatic rings. The topological polar surface area (TPSA) is 63.8 Å². The number of aryl methyl sites for hydroxylation is 1. The Balaban J connectivity index is 2.20. The molecule has 0 amide bonds. The van der Waals surface area contributed by atoms with E-state index in [0.717, 1.165) is 17.8 Å². The van der Waals surface area contributed by atoms with Gasteiger partial charge < -0.3 is 5.11 Å². The molecule has 108 valence electrons. The SMILES string of the molecule is Cc1csc(-n2nnc(CO)c2-c2ccc(F)c(F)c2)n1. The highest BCUT2D eigenvalue weighted by Gasteiger charge is 2.18. The van der Waals surface area contributed by atoms with Crippen molar-refractivity contribution >= 4 is 11.3 Å². The van der Waals surface area contributed by atoms with E-state index in [1.807, 2.05) is 12.3 Å². The van der Waals surface area contributed by atoms with Crippen molar-refractivity contribution in [1.29, 1.82) is 0 Å². The number of benzene rings is 1. The molecule has 0 fully saturated rings. The van der Waals surface area contributed by atoms with Gasteiger partial charge in [0.1, 0.15) is 11.4 Å². The Kier molecular flexibility index (Phi) is 3.48. The van der Waals surface area contributed by atoms with Gasteiger partial charge in [0.2, 0.25) is 5.13 Å². The number of hydrogen-bond donors (Lipinski definition) is 1. The van der Waals surface area contributed by atoms with E-state index in [2.05, 4.69) is 15.3 Å². The standard InChI is InChI=1S/C13H10F2N4OS/c1-7-6-21-13(16-7)19-12(11(5-20)17-18-19)8-2-3-9(14)10(15)4-8/h2-4,6,20H,5H2,1H3. The molecule has 0 aliphatic rings. The van der Waals surface area contributed by atoms with Gasteiger partial charge in [0.25, 0.3) is 0 Å². The second-order valence-corrected chi connectivity index (χ2v) is 5.19. The molecular formula is C13H10F2N4OS. The lowest BCUT2D eigenvalue weighted by Crippen LogP contribution is -2.00. The summed E-state index contributed by atoms with van der Waals surface area (Å²) in [5, 5.41) is 19.5. The van der Waals surface area contributed by atoms with E-state index in [1.54, 1.807) is 0 Å². The van der Waals surface area contributed by atoms with Crippen molar-refractivity contribution < 1.29 is 13.9 Å². The van der Waals surface area contributed by atoms with E-state index in [1.165, 1.54) is 22.1 Å². The molecule has 0 spiro atoms. The van der Waals surface area contributed by atoms with Crippen LogP contribution in [0.25, 0.3) is 16.4 Å². The van der Waals surface area contributed by atoms with Gasteiger partial charge in [0.05, 0.1) is 12.3 Å². The molecule has 8 heteroatoms. The molecule has 1 aromatic carbocycles. The second-order valence-electron chi connectivity index (χ2n) is 4.36. The van der Waals surface area contributed by atoms with Crippen molar-refractivity contribution in [3.63, 3.8) is 0 Å². The van der Waals surface area contributed by atoms with Crippen molar-refractivity contribution in [3.05, 3.63) is 46.6 Å². The molecule has 5 nitrogen and oxygen atoms in total. The van der Waals surface area contributed by atoms with Gasteiger partial charge >= 0.3 is 0 Å². The fraction of sp³-hybridized carbons (Fsp3) is 0.154. The van der Waals surface area contributed by atoms with Gasteiger partial charge in [-0.15, -0.1) is 16.4 Å². The average Bonchev–Trinajstić information content (AvgIpc) is 3.07. The van der Waals surface area contributed by atoms with Crippen LogP contribution in [0.15, 0.2) is 23.6 Å². The first-order valence-electron chi connectivity index (χ1n) is 6.03.